The van der Waals surface area contributed by atoms with Gasteiger partial charge in [-0.15, -0.1) is 0 Å². The Morgan fingerprint density at radius 1 is 0.875 bits per heavy atom. The van der Waals surface area contributed by atoms with Crippen molar-refractivity contribution < 1.29 is 29.2 Å². The average Bonchev–Trinajstić information content (AvgIpc) is 3.03. The topological polar surface area (TPSA) is 150 Å². The molecule has 0 aromatic heterocycles. The van der Waals surface area contributed by atoms with Crippen molar-refractivity contribution in [3.05, 3.63) is 99.1 Å². The number of nitrogens with zero attached hydrogens (tertiary/aromatic N) is 2. The van der Waals surface area contributed by atoms with E-state index in [9.17, 15) is 34.4 Å². The molecule has 3 aromatic carbocycles. The summed E-state index contributed by atoms with van der Waals surface area (Å²) in [6.07, 6.45) is 0. The van der Waals surface area contributed by atoms with Crippen molar-refractivity contribution in [1.29, 1.82) is 0 Å². The Morgan fingerprint density at radius 2 is 1.53 bits per heavy atom. The molecule has 32 heavy (non-hydrogen) atoms. The first-order valence-electron chi connectivity index (χ1n) is 9.17. The second kappa shape index (κ2) is 7.76. The predicted molar refractivity (Wildman–Crippen MR) is 109 cm³/mol. The van der Waals surface area contributed by atoms with Gasteiger partial charge < -0.3 is 15.2 Å². The monoisotopic (exact) mass is 430 g/mol. The Labute approximate surface area is 179 Å². The van der Waals surface area contributed by atoms with Crippen LogP contribution in [0.2, 0.25) is 0 Å². The van der Waals surface area contributed by atoms with Crippen LogP contribution < -0.4 is 15.3 Å². The fourth-order valence-corrected chi connectivity index (χ4v) is 3.30. The highest BCUT2D eigenvalue weighted by Crippen LogP contribution is 2.31. The third kappa shape index (κ3) is 3.45. The number of nitro groups is 1. The van der Waals surface area contributed by atoms with Gasteiger partial charge in [0.05, 0.1) is 33.4 Å². The third-order valence-corrected chi connectivity index (χ3v) is 4.86. The van der Waals surface area contributed by atoms with E-state index < -0.39 is 28.6 Å². The highest BCUT2D eigenvalue weighted by molar-refractivity contribution is 6.34. The molecule has 0 saturated carbocycles. The number of carbonyl (C=O) groups excluding carboxylic acids is 4. The number of fused-ring (bicyclic) bond motifs is 1. The van der Waals surface area contributed by atoms with E-state index in [-0.39, 0.29) is 39.3 Å². The molecule has 0 aliphatic carbocycles. The molecule has 4 rings (SSSR count). The summed E-state index contributed by atoms with van der Waals surface area (Å²) in [7, 11) is 0. The highest BCUT2D eigenvalue weighted by atomic mass is 16.6. The number of nitro benzene ring substituents is 1. The van der Waals surface area contributed by atoms with E-state index in [1.165, 1.54) is 48.5 Å². The van der Waals surface area contributed by atoms with Gasteiger partial charge in [0.25, 0.3) is 23.4 Å². The summed E-state index contributed by atoms with van der Waals surface area (Å²) < 4.78 is 0. The van der Waals surface area contributed by atoms with E-state index in [4.69, 9.17) is 0 Å². The van der Waals surface area contributed by atoms with Gasteiger partial charge in [-0.3, -0.25) is 24.5 Å². The predicted octanol–water partition coefficient (Wildman–Crippen LogP) is 2.01. The van der Waals surface area contributed by atoms with Crippen molar-refractivity contribution in [3.63, 3.8) is 0 Å². The van der Waals surface area contributed by atoms with Crippen LogP contribution in [0.1, 0.15) is 41.4 Å². The molecular weight excluding hydrogens is 418 g/mol. The van der Waals surface area contributed by atoms with Gasteiger partial charge in [0.1, 0.15) is 0 Å². The van der Waals surface area contributed by atoms with E-state index in [2.05, 4.69) is 5.32 Å². The number of carboxylic acid groups (broad SMARTS) is 1. The second-order valence-electron chi connectivity index (χ2n) is 6.77. The fraction of sp³-hybridized carbons (Fsp3) is 0. The van der Waals surface area contributed by atoms with Crippen LogP contribution >= 0.6 is 0 Å². The molecule has 0 unspecified atom stereocenters. The number of carbonyl (C=O) groups is 4. The average molecular weight is 430 g/mol. The Bertz CT molecular complexity index is 1320. The minimum atomic E-state index is -1.44. The van der Waals surface area contributed by atoms with Crippen LogP contribution in [-0.2, 0) is 0 Å². The number of anilines is 2. The number of carboxylic acids is 1. The first-order valence-corrected chi connectivity index (χ1v) is 9.17. The zero-order valence-corrected chi connectivity index (χ0v) is 16.1. The number of benzene rings is 3. The molecule has 0 atom stereocenters. The molecule has 3 aromatic rings. The van der Waals surface area contributed by atoms with E-state index in [0.29, 0.717) is 0 Å². The minimum Gasteiger partial charge on any atom is -0.545 e. The number of rotatable bonds is 5. The molecule has 0 spiro atoms. The van der Waals surface area contributed by atoms with Gasteiger partial charge in [0.2, 0.25) is 0 Å². The number of hydrogen-bond acceptors (Lipinski definition) is 7. The molecule has 0 fully saturated rings. The van der Waals surface area contributed by atoms with Crippen LogP contribution in [0.25, 0.3) is 0 Å². The van der Waals surface area contributed by atoms with Gasteiger partial charge in [0.15, 0.2) is 0 Å². The molecule has 1 aliphatic rings. The van der Waals surface area contributed by atoms with Gasteiger partial charge in [-0.25, -0.2) is 4.90 Å². The van der Waals surface area contributed by atoms with Gasteiger partial charge in [-0.05, 0) is 36.4 Å². The quantitative estimate of drug-likeness (QED) is 0.369. The lowest BCUT2D eigenvalue weighted by Crippen LogP contribution is -2.29. The molecule has 1 aliphatic heterocycles. The molecule has 158 valence electrons. The fourth-order valence-electron chi connectivity index (χ4n) is 3.30. The van der Waals surface area contributed by atoms with Crippen LogP contribution in [0, 0.1) is 10.1 Å². The SMILES string of the molecule is O=C(Nc1ccccc1C(=O)[O-])c1ccc(N2C(=O)c3ccc([N+](=O)[O-])cc3C2=O)cc1. The normalized spacial score (nSPS) is 12.4. The molecular formula is C22H12N3O7-. The molecule has 1 heterocycles. The van der Waals surface area contributed by atoms with Gasteiger partial charge in [-0.1, -0.05) is 18.2 Å². The zero-order chi connectivity index (χ0) is 23.0. The van der Waals surface area contributed by atoms with Crippen LogP contribution in [0.15, 0.2) is 66.7 Å². The summed E-state index contributed by atoms with van der Waals surface area (Å²) in [4.78, 5) is 60.2. The molecule has 1 N–H and O–H groups in total. The van der Waals surface area contributed by atoms with Crippen LogP contribution in [0.5, 0.6) is 0 Å². The van der Waals surface area contributed by atoms with E-state index >= 15 is 0 Å². The first kappa shape index (κ1) is 20.4. The molecule has 10 nitrogen and oxygen atoms in total. The van der Waals surface area contributed by atoms with Crippen molar-refractivity contribution in [2.24, 2.45) is 0 Å². The summed E-state index contributed by atoms with van der Waals surface area (Å²) in [5.41, 5.74) is -0.150. The van der Waals surface area contributed by atoms with Crippen molar-refractivity contribution in [2.45, 2.75) is 0 Å². The number of para-hydroxylation sites is 1. The standard InChI is InChI=1S/C22H13N3O7/c26-19(23-18-4-2-1-3-16(18)22(29)30)12-5-7-13(8-6-12)24-20(27)15-10-9-14(25(31)32)11-17(15)21(24)28/h1-11H,(H,23,26)(H,29,30)/p-1. The number of hydrogen-bond donors (Lipinski definition) is 1. The van der Waals surface area contributed by atoms with Gasteiger partial charge in [-0.2, -0.15) is 0 Å². The number of amides is 3. The third-order valence-electron chi connectivity index (χ3n) is 4.86. The number of aromatic carboxylic acids is 1. The maximum Gasteiger partial charge on any atom is 0.270 e. The van der Waals surface area contributed by atoms with E-state index in [0.717, 1.165) is 17.0 Å². The summed E-state index contributed by atoms with van der Waals surface area (Å²) in [6.45, 7) is 0. The second-order valence-corrected chi connectivity index (χ2v) is 6.77. The molecule has 3 amide bonds. The van der Waals surface area contributed by atoms with E-state index in [1.807, 2.05) is 0 Å². The van der Waals surface area contributed by atoms with Crippen LogP contribution in [0.4, 0.5) is 17.1 Å². The van der Waals surface area contributed by atoms with Crippen molar-refractivity contribution in [2.75, 3.05) is 10.2 Å². The molecule has 0 radical (unpaired) electrons. The Hall–Kier alpha value is -4.86. The summed E-state index contributed by atoms with van der Waals surface area (Å²) >= 11 is 0. The molecule has 0 saturated heterocycles. The number of non-ortho nitro benzene ring substituents is 1. The summed E-state index contributed by atoms with van der Waals surface area (Å²) in [5.74, 6) is -3.40. The Morgan fingerprint density at radius 3 is 2.19 bits per heavy atom. The highest BCUT2D eigenvalue weighted by Gasteiger charge is 2.37. The lowest BCUT2D eigenvalue weighted by atomic mass is 10.1. The van der Waals surface area contributed by atoms with Crippen molar-refractivity contribution >= 4 is 40.8 Å². The first-order chi connectivity index (χ1) is 15.3. The Kier molecular flexibility index (Phi) is 4.95. The number of imide groups is 1. The molecule has 10 heteroatoms. The van der Waals surface area contributed by atoms with Crippen LogP contribution in [-0.4, -0.2) is 28.6 Å². The maximum atomic E-state index is 12.7. The zero-order valence-electron chi connectivity index (χ0n) is 16.1. The Balaban J connectivity index is 1.57. The molecule has 0 bridgehead atoms. The lowest BCUT2D eigenvalue weighted by Gasteiger charge is -2.15. The number of nitrogens with one attached hydrogen (secondary N) is 1. The lowest BCUT2D eigenvalue weighted by molar-refractivity contribution is -0.384. The van der Waals surface area contributed by atoms with Crippen molar-refractivity contribution in [1.82, 2.24) is 0 Å². The van der Waals surface area contributed by atoms with Gasteiger partial charge in [0, 0.05) is 23.3 Å². The smallest absolute Gasteiger partial charge is 0.270 e. The summed E-state index contributed by atoms with van der Waals surface area (Å²) in [6, 6.07) is 14.6. The minimum absolute atomic E-state index is 0.0429. The summed E-state index contributed by atoms with van der Waals surface area (Å²) in [5, 5.41) is 24.6. The maximum absolute atomic E-state index is 12.7. The van der Waals surface area contributed by atoms with Crippen molar-refractivity contribution in [3.8, 4) is 0 Å². The van der Waals surface area contributed by atoms with Crippen LogP contribution in [0.3, 0.4) is 0 Å². The van der Waals surface area contributed by atoms with Gasteiger partial charge >= 0.3 is 0 Å². The largest absolute Gasteiger partial charge is 0.545 e. The van der Waals surface area contributed by atoms with E-state index in [1.54, 1.807) is 6.07 Å².